The van der Waals surface area contributed by atoms with E-state index in [1.165, 1.54) is 13.3 Å². The lowest BCUT2D eigenvalue weighted by molar-refractivity contribution is 0.0600. The van der Waals surface area contributed by atoms with Gasteiger partial charge in [0, 0.05) is 31.0 Å². The second-order valence-corrected chi connectivity index (χ2v) is 5.55. The summed E-state index contributed by atoms with van der Waals surface area (Å²) in [5.74, 6) is 0.511. The number of carbonyl (C=O) groups excluding carboxylic acids is 1. The van der Waals surface area contributed by atoms with Crippen molar-refractivity contribution in [1.82, 2.24) is 9.97 Å². The Balaban J connectivity index is 1.73. The number of ether oxygens (including phenoxy) is 1. The first kappa shape index (κ1) is 15.4. The van der Waals surface area contributed by atoms with Crippen molar-refractivity contribution in [2.75, 3.05) is 25.1 Å². The van der Waals surface area contributed by atoms with Crippen LogP contribution >= 0.6 is 0 Å². The molecule has 1 aliphatic rings. The van der Waals surface area contributed by atoms with Crippen LogP contribution in [0.4, 0.5) is 5.82 Å². The zero-order chi connectivity index (χ0) is 16.2. The van der Waals surface area contributed by atoms with E-state index in [-0.39, 0.29) is 6.10 Å². The fourth-order valence-electron chi connectivity index (χ4n) is 2.62. The van der Waals surface area contributed by atoms with Crippen molar-refractivity contribution in [2.24, 2.45) is 0 Å². The first-order chi connectivity index (χ1) is 11.2. The molecular formula is C17H19N3O3. The van der Waals surface area contributed by atoms with Gasteiger partial charge in [-0.2, -0.15) is 0 Å². The molecule has 2 aromatic heterocycles. The molecule has 6 nitrogen and oxygen atoms in total. The molecule has 3 rings (SSSR count). The molecule has 0 radical (unpaired) electrons. The number of methoxy groups -OCH3 is 1. The molecule has 2 aromatic rings. The molecule has 0 saturated carbocycles. The topological polar surface area (TPSA) is 75.5 Å². The molecule has 0 amide bonds. The van der Waals surface area contributed by atoms with Gasteiger partial charge in [-0.1, -0.05) is 0 Å². The van der Waals surface area contributed by atoms with Crippen LogP contribution in [0.25, 0.3) is 11.3 Å². The summed E-state index contributed by atoms with van der Waals surface area (Å²) in [7, 11) is 1.35. The van der Waals surface area contributed by atoms with Crippen LogP contribution in [0.5, 0.6) is 0 Å². The summed E-state index contributed by atoms with van der Waals surface area (Å²) >= 11 is 0. The van der Waals surface area contributed by atoms with Crippen molar-refractivity contribution >= 4 is 11.8 Å². The van der Waals surface area contributed by atoms with Gasteiger partial charge in [-0.25, -0.2) is 9.78 Å². The van der Waals surface area contributed by atoms with Gasteiger partial charge >= 0.3 is 5.97 Å². The predicted octanol–water partition coefficient (Wildman–Crippen LogP) is 1.89. The van der Waals surface area contributed by atoms with Gasteiger partial charge in [0.25, 0.3) is 0 Å². The maximum absolute atomic E-state index is 11.4. The molecule has 0 unspecified atom stereocenters. The molecule has 120 valence electrons. The number of rotatable bonds is 3. The Kier molecular flexibility index (Phi) is 4.52. The SMILES string of the molecule is COC(=O)c1ccc(-c2ccc(N3CCC(O)CC3)nc2)nc1. The molecule has 1 fully saturated rings. The maximum Gasteiger partial charge on any atom is 0.339 e. The number of aliphatic hydroxyl groups is 1. The average molecular weight is 313 g/mol. The molecule has 23 heavy (non-hydrogen) atoms. The number of esters is 1. The van der Waals surface area contributed by atoms with Crippen molar-refractivity contribution in [1.29, 1.82) is 0 Å². The number of hydrogen-bond acceptors (Lipinski definition) is 6. The Hall–Kier alpha value is -2.47. The lowest BCUT2D eigenvalue weighted by Crippen LogP contribution is -2.36. The first-order valence-corrected chi connectivity index (χ1v) is 7.61. The Morgan fingerprint density at radius 1 is 1.17 bits per heavy atom. The van der Waals surface area contributed by atoms with E-state index >= 15 is 0 Å². The molecule has 0 aromatic carbocycles. The molecule has 0 atom stereocenters. The minimum atomic E-state index is -0.398. The number of aliphatic hydroxyl groups excluding tert-OH is 1. The molecule has 0 aliphatic carbocycles. The van der Waals surface area contributed by atoms with Gasteiger partial charge in [0.1, 0.15) is 5.82 Å². The normalized spacial score (nSPS) is 15.5. The second-order valence-electron chi connectivity index (χ2n) is 5.55. The fourth-order valence-corrected chi connectivity index (χ4v) is 2.62. The van der Waals surface area contributed by atoms with Crippen molar-refractivity contribution in [3.63, 3.8) is 0 Å². The van der Waals surface area contributed by atoms with E-state index in [1.54, 1.807) is 18.3 Å². The van der Waals surface area contributed by atoms with Crippen LogP contribution < -0.4 is 4.90 Å². The molecule has 6 heteroatoms. The third-order valence-corrected chi connectivity index (χ3v) is 4.02. The molecule has 1 aliphatic heterocycles. The number of nitrogens with zero attached hydrogens (tertiary/aromatic N) is 3. The van der Waals surface area contributed by atoms with Crippen LogP contribution in [0, 0.1) is 0 Å². The summed E-state index contributed by atoms with van der Waals surface area (Å²) in [6.07, 6.45) is 4.64. The van der Waals surface area contributed by atoms with Crippen molar-refractivity contribution in [2.45, 2.75) is 18.9 Å². The molecular weight excluding hydrogens is 294 g/mol. The van der Waals surface area contributed by atoms with E-state index in [4.69, 9.17) is 0 Å². The average Bonchev–Trinajstić information content (AvgIpc) is 2.62. The highest BCUT2D eigenvalue weighted by atomic mass is 16.5. The lowest BCUT2D eigenvalue weighted by atomic mass is 10.1. The Bertz CT molecular complexity index is 662. The molecule has 0 bridgehead atoms. The van der Waals surface area contributed by atoms with Crippen LogP contribution in [-0.2, 0) is 4.74 Å². The molecule has 3 heterocycles. The molecule has 0 spiro atoms. The van der Waals surface area contributed by atoms with Crippen LogP contribution in [0.15, 0.2) is 36.7 Å². The van der Waals surface area contributed by atoms with E-state index in [9.17, 15) is 9.90 Å². The monoisotopic (exact) mass is 313 g/mol. The Morgan fingerprint density at radius 3 is 2.52 bits per heavy atom. The van der Waals surface area contributed by atoms with Gasteiger partial charge in [-0.15, -0.1) is 0 Å². The summed E-state index contributed by atoms with van der Waals surface area (Å²) in [5.41, 5.74) is 2.07. The summed E-state index contributed by atoms with van der Waals surface area (Å²) in [6, 6.07) is 7.39. The fraction of sp³-hybridized carbons (Fsp3) is 0.353. The van der Waals surface area contributed by atoms with Crippen molar-refractivity contribution in [3.8, 4) is 11.3 Å². The number of anilines is 1. The third kappa shape index (κ3) is 3.48. The van der Waals surface area contributed by atoms with Gasteiger partial charge in [0.2, 0.25) is 0 Å². The number of aromatic nitrogens is 2. The van der Waals surface area contributed by atoms with Gasteiger partial charge in [-0.05, 0) is 37.1 Å². The smallest absolute Gasteiger partial charge is 0.339 e. The molecule has 1 N–H and O–H groups in total. The van der Waals surface area contributed by atoms with Crippen LogP contribution in [0.1, 0.15) is 23.2 Å². The van der Waals surface area contributed by atoms with Gasteiger partial charge in [0.05, 0.1) is 24.5 Å². The predicted molar refractivity (Wildman–Crippen MR) is 86.3 cm³/mol. The first-order valence-electron chi connectivity index (χ1n) is 7.61. The van der Waals surface area contributed by atoms with Crippen molar-refractivity contribution in [3.05, 3.63) is 42.2 Å². The van der Waals surface area contributed by atoms with Crippen LogP contribution in [-0.4, -0.2) is 47.3 Å². The standard InChI is InChI=1S/C17H19N3O3/c1-23-17(22)13-2-4-15(18-11-13)12-3-5-16(19-10-12)20-8-6-14(21)7-9-20/h2-5,10-11,14,21H,6-9H2,1H3. The van der Waals surface area contributed by atoms with E-state index in [0.29, 0.717) is 5.56 Å². The summed E-state index contributed by atoms with van der Waals surface area (Å²) in [5, 5.41) is 9.56. The summed E-state index contributed by atoms with van der Waals surface area (Å²) in [6.45, 7) is 1.64. The van der Waals surface area contributed by atoms with E-state index in [1.807, 2.05) is 12.1 Å². The number of piperidine rings is 1. The van der Waals surface area contributed by atoms with Crippen LogP contribution in [0.3, 0.4) is 0 Å². The highest BCUT2D eigenvalue weighted by Gasteiger charge is 2.18. The molecule has 1 saturated heterocycles. The van der Waals surface area contributed by atoms with E-state index < -0.39 is 5.97 Å². The summed E-state index contributed by atoms with van der Waals surface area (Å²) in [4.78, 5) is 22.3. The highest BCUT2D eigenvalue weighted by molar-refractivity contribution is 5.89. The summed E-state index contributed by atoms with van der Waals surface area (Å²) < 4.78 is 4.66. The van der Waals surface area contributed by atoms with Gasteiger partial charge in [0.15, 0.2) is 0 Å². The van der Waals surface area contributed by atoms with Crippen LogP contribution in [0.2, 0.25) is 0 Å². The Morgan fingerprint density at radius 2 is 1.96 bits per heavy atom. The zero-order valence-corrected chi connectivity index (χ0v) is 13.0. The number of hydrogen-bond donors (Lipinski definition) is 1. The number of pyridine rings is 2. The minimum Gasteiger partial charge on any atom is -0.465 e. The van der Waals surface area contributed by atoms with Crippen molar-refractivity contribution < 1.29 is 14.6 Å². The maximum atomic E-state index is 11.4. The third-order valence-electron chi connectivity index (χ3n) is 4.02. The quantitative estimate of drug-likeness (QED) is 0.872. The largest absolute Gasteiger partial charge is 0.465 e. The van der Waals surface area contributed by atoms with Gasteiger partial charge < -0.3 is 14.7 Å². The second kappa shape index (κ2) is 6.75. The van der Waals surface area contributed by atoms with E-state index in [0.717, 1.165) is 43.0 Å². The highest BCUT2D eigenvalue weighted by Crippen LogP contribution is 2.22. The van der Waals surface area contributed by atoms with Gasteiger partial charge in [-0.3, -0.25) is 4.98 Å². The Labute approximate surface area is 134 Å². The zero-order valence-electron chi connectivity index (χ0n) is 13.0. The number of carbonyl (C=O) groups is 1. The van der Waals surface area contributed by atoms with E-state index in [2.05, 4.69) is 19.6 Å². The lowest BCUT2D eigenvalue weighted by Gasteiger charge is -2.30. The minimum absolute atomic E-state index is 0.192.